The molecular formula is C27H36N4O3. The molecule has 34 heavy (non-hydrogen) atoms. The number of nitrogens with one attached hydrogen (secondary N) is 1. The van der Waals surface area contributed by atoms with Crippen molar-refractivity contribution in [2.75, 3.05) is 41.9 Å². The number of benzene rings is 1. The van der Waals surface area contributed by atoms with E-state index in [1.807, 2.05) is 25.3 Å². The number of ether oxygens (including phenoxy) is 2. The van der Waals surface area contributed by atoms with E-state index in [9.17, 15) is 4.79 Å². The summed E-state index contributed by atoms with van der Waals surface area (Å²) in [7, 11) is 1.82. The van der Waals surface area contributed by atoms with Crippen molar-refractivity contribution >= 4 is 29.3 Å². The standard InChI is InChI=1S/C20H22N4O2.C7H14O/c25-13-24-11-15-2-1-7-21-20(15)22-17-6-5-16(10-18(17)24)23-8-9-26-19(12-23)14-3-4-14;1-8-7-5-3-2-4-6-7/h1-2,5-7,10,13-14,19H,3-4,8-9,11-12H2,(H,21,22);7H,2-6H2,1H3. The molecule has 7 nitrogen and oxygen atoms in total. The normalized spacial score (nSPS) is 22.4. The van der Waals surface area contributed by atoms with E-state index in [4.69, 9.17) is 9.47 Å². The second kappa shape index (κ2) is 10.7. The number of rotatable bonds is 4. The van der Waals surface area contributed by atoms with Crippen molar-refractivity contribution in [1.29, 1.82) is 0 Å². The molecular weight excluding hydrogens is 428 g/mol. The number of hydrogen-bond donors (Lipinski definition) is 1. The van der Waals surface area contributed by atoms with Crippen LogP contribution in [0.1, 0.15) is 50.5 Å². The highest BCUT2D eigenvalue weighted by Gasteiger charge is 2.35. The fourth-order valence-corrected chi connectivity index (χ4v) is 5.19. The van der Waals surface area contributed by atoms with Crippen LogP contribution in [-0.2, 0) is 20.8 Å². The van der Waals surface area contributed by atoms with Crippen LogP contribution < -0.4 is 15.1 Å². The van der Waals surface area contributed by atoms with Gasteiger partial charge in [0.15, 0.2) is 0 Å². The highest BCUT2D eigenvalue weighted by atomic mass is 16.5. The lowest BCUT2D eigenvalue weighted by Gasteiger charge is -2.35. The molecule has 3 heterocycles. The highest BCUT2D eigenvalue weighted by Crippen LogP contribution is 2.39. The molecule has 0 radical (unpaired) electrons. The highest BCUT2D eigenvalue weighted by molar-refractivity contribution is 5.89. The predicted octanol–water partition coefficient (Wildman–Crippen LogP) is 4.88. The number of methoxy groups -OCH3 is 1. The van der Waals surface area contributed by atoms with E-state index in [0.29, 0.717) is 18.8 Å². The lowest BCUT2D eigenvalue weighted by molar-refractivity contribution is -0.107. The van der Waals surface area contributed by atoms with Gasteiger partial charge in [-0.25, -0.2) is 4.98 Å². The summed E-state index contributed by atoms with van der Waals surface area (Å²) in [6, 6.07) is 10.2. The summed E-state index contributed by atoms with van der Waals surface area (Å²) in [5.41, 5.74) is 3.96. The summed E-state index contributed by atoms with van der Waals surface area (Å²) >= 11 is 0. The average molecular weight is 465 g/mol. The zero-order valence-electron chi connectivity index (χ0n) is 20.1. The predicted molar refractivity (Wildman–Crippen MR) is 135 cm³/mol. The second-order valence-electron chi connectivity index (χ2n) is 9.76. The smallest absolute Gasteiger partial charge is 0.214 e. The Bertz CT molecular complexity index is 974. The van der Waals surface area contributed by atoms with Gasteiger partial charge in [0.25, 0.3) is 0 Å². The Morgan fingerprint density at radius 2 is 2.00 bits per heavy atom. The molecule has 7 heteroatoms. The largest absolute Gasteiger partial charge is 0.381 e. The van der Waals surface area contributed by atoms with Crippen LogP contribution in [0.25, 0.3) is 0 Å². The van der Waals surface area contributed by atoms with Gasteiger partial charge in [-0.05, 0) is 55.9 Å². The van der Waals surface area contributed by atoms with E-state index < -0.39 is 0 Å². The van der Waals surface area contributed by atoms with Gasteiger partial charge in [0.05, 0.1) is 36.7 Å². The molecule has 182 valence electrons. The topological polar surface area (TPSA) is 66.9 Å². The average Bonchev–Trinajstić information content (AvgIpc) is 3.76. The third-order valence-electron chi connectivity index (χ3n) is 7.39. The molecule has 1 saturated heterocycles. The Labute approximate surface area is 202 Å². The molecule has 2 aliphatic heterocycles. The summed E-state index contributed by atoms with van der Waals surface area (Å²) in [4.78, 5) is 20.3. The molecule has 1 amide bonds. The van der Waals surface area contributed by atoms with Crippen LogP contribution in [0.5, 0.6) is 0 Å². The first-order valence-corrected chi connectivity index (χ1v) is 12.7. The first kappa shape index (κ1) is 23.1. The van der Waals surface area contributed by atoms with Crippen molar-refractivity contribution in [1.82, 2.24) is 4.98 Å². The molecule has 2 aromatic rings. The van der Waals surface area contributed by atoms with Crippen LogP contribution in [0.2, 0.25) is 0 Å². The van der Waals surface area contributed by atoms with Crippen LogP contribution >= 0.6 is 0 Å². The maximum Gasteiger partial charge on any atom is 0.214 e. The molecule has 3 fully saturated rings. The number of pyridine rings is 1. The van der Waals surface area contributed by atoms with E-state index in [2.05, 4.69) is 27.3 Å². The van der Waals surface area contributed by atoms with Gasteiger partial charge in [0.2, 0.25) is 6.41 Å². The molecule has 4 aliphatic rings. The minimum absolute atomic E-state index is 0.344. The monoisotopic (exact) mass is 464 g/mol. The minimum Gasteiger partial charge on any atom is -0.381 e. The van der Waals surface area contributed by atoms with E-state index >= 15 is 0 Å². The number of carbonyl (C=O) groups is 1. The quantitative estimate of drug-likeness (QED) is 0.651. The summed E-state index contributed by atoms with van der Waals surface area (Å²) in [6.07, 6.45) is 12.9. The van der Waals surface area contributed by atoms with Gasteiger partial charge in [-0.15, -0.1) is 0 Å². The third kappa shape index (κ3) is 5.36. The van der Waals surface area contributed by atoms with Crippen molar-refractivity contribution in [2.24, 2.45) is 5.92 Å². The Morgan fingerprint density at radius 1 is 1.15 bits per heavy atom. The molecule has 0 bridgehead atoms. The van der Waals surface area contributed by atoms with Crippen molar-refractivity contribution in [3.05, 3.63) is 42.1 Å². The molecule has 1 aromatic carbocycles. The number of carbonyl (C=O) groups excluding carboxylic acids is 1. The summed E-state index contributed by atoms with van der Waals surface area (Å²) in [5.74, 6) is 1.54. The zero-order chi connectivity index (χ0) is 23.3. The van der Waals surface area contributed by atoms with Crippen molar-refractivity contribution < 1.29 is 14.3 Å². The van der Waals surface area contributed by atoms with Crippen LogP contribution in [0.15, 0.2) is 36.5 Å². The Morgan fingerprint density at radius 3 is 2.74 bits per heavy atom. The van der Waals surface area contributed by atoms with Crippen LogP contribution in [0.4, 0.5) is 22.9 Å². The molecule has 1 unspecified atom stereocenters. The molecule has 1 aromatic heterocycles. The van der Waals surface area contributed by atoms with E-state index in [1.165, 1.54) is 44.9 Å². The second-order valence-corrected chi connectivity index (χ2v) is 9.76. The molecule has 0 spiro atoms. The number of nitrogens with zero attached hydrogens (tertiary/aromatic N) is 3. The fourth-order valence-electron chi connectivity index (χ4n) is 5.19. The van der Waals surface area contributed by atoms with E-state index in [-0.39, 0.29) is 0 Å². The number of amides is 1. The minimum atomic E-state index is 0.344. The van der Waals surface area contributed by atoms with Crippen LogP contribution in [0.3, 0.4) is 0 Å². The summed E-state index contributed by atoms with van der Waals surface area (Å²) < 4.78 is 11.1. The van der Waals surface area contributed by atoms with Gasteiger partial charge in [-0.3, -0.25) is 4.79 Å². The van der Waals surface area contributed by atoms with Gasteiger partial charge in [-0.1, -0.05) is 25.3 Å². The van der Waals surface area contributed by atoms with Gasteiger partial charge >= 0.3 is 0 Å². The number of anilines is 4. The van der Waals surface area contributed by atoms with Gasteiger partial charge < -0.3 is 24.6 Å². The Kier molecular flexibility index (Phi) is 7.30. The Balaban J connectivity index is 0.000000257. The lowest BCUT2D eigenvalue weighted by Crippen LogP contribution is -2.43. The molecule has 6 rings (SSSR count). The molecule has 2 saturated carbocycles. The summed E-state index contributed by atoms with van der Waals surface area (Å²) in [5, 5.41) is 3.38. The van der Waals surface area contributed by atoms with E-state index in [0.717, 1.165) is 60.5 Å². The van der Waals surface area contributed by atoms with Crippen LogP contribution in [0, 0.1) is 5.92 Å². The number of aromatic nitrogens is 1. The maximum absolute atomic E-state index is 11.8. The lowest BCUT2D eigenvalue weighted by atomic mass is 9.98. The number of morpholine rings is 1. The van der Waals surface area contributed by atoms with Crippen molar-refractivity contribution in [3.63, 3.8) is 0 Å². The number of fused-ring (bicyclic) bond motifs is 2. The Hall–Kier alpha value is -2.64. The third-order valence-corrected chi connectivity index (χ3v) is 7.39. The molecule has 1 N–H and O–H groups in total. The molecule has 2 aliphatic carbocycles. The van der Waals surface area contributed by atoms with Crippen LogP contribution in [-0.4, -0.2) is 50.4 Å². The zero-order valence-corrected chi connectivity index (χ0v) is 20.1. The van der Waals surface area contributed by atoms with Gasteiger partial charge in [0.1, 0.15) is 5.82 Å². The van der Waals surface area contributed by atoms with E-state index in [1.54, 1.807) is 11.1 Å². The SMILES string of the molecule is COC1CCCCC1.O=CN1Cc2cccnc2Nc2ccc(N3CCOC(C4CC4)C3)cc21. The van der Waals surface area contributed by atoms with Crippen molar-refractivity contribution in [2.45, 2.75) is 63.7 Å². The van der Waals surface area contributed by atoms with Gasteiger partial charge in [-0.2, -0.15) is 0 Å². The van der Waals surface area contributed by atoms with Gasteiger partial charge in [0, 0.05) is 37.6 Å². The van der Waals surface area contributed by atoms with Crippen molar-refractivity contribution in [3.8, 4) is 0 Å². The maximum atomic E-state index is 11.8. The summed E-state index contributed by atoms with van der Waals surface area (Å²) in [6.45, 7) is 3.10. The first-order chi connectivity index (χ1) is 16.7. The first-order valence-electron chi connectivity index (χ1n) is 12.7. The molecule has 1 atom stereocenters. The fraction of sp³-hybridized carbons (Fsp3) is 0.556. The number of hydrogen-bond acceptors (Lipinski definition) is 6.